The van der Waals surface area contributed by atoms with Crippen molar-refractivity contribution in [2.24, 2.45) is 22.2 Å². The van der Waals surface area contributed by atoms with E-state index in [1.54, 1.807) is 0 Å². The minimum atomic E-state index is -5.47. The largest absolute Gasteiger partial charge is 0.416 e. The van der Waals surface area contributed by atoms with Gasteiger partial charge in [-0.15, -0.1) is 5.41 Å². The summed E-state index contributed by atoms with van der Waals surface area (Å²) in [6.45, 7) is 5.13. The summed E-state index contributed by atoms with van der Waals surface area (Å²) in [5, 5.41) is 0. The second-order valence-electron chi connectivity index (χ2n) is 7.99. The van der Waals surface area contributed by atoms with E-state index in [1.165, 1.54) is 0 Å². The molecule has 0 heterocycles. The van der Waals surface area contributed by atoms with Crippen LogP contribution in [0.15, 0.2) is 0 Å². The quantitative estimate of drug-likeness (QED) is 0.355. The molecule has 2 aliphatic carbocycles. The van der Waals surface area contributed by atoms with E-state index < -0.39 is 20.2 Å². The zero-order chi connectivity index (χ0) is 19.0. The molecular weight excluding hydrogens is 444 g/mol. The maximum atomic E-state index is 11.9. The van der Waals surface area contributed by atoms with Crippen LogP contribution in [0.25, 0.3) is 0 Å². The van der Waals surface area contributed by atoms with Crippen LogP contribution in [0, 0.1) is 28.1 Å². The van der Waals surface area contributed by atoms with E-state index in [0.717, 1.165) is 18.8 Å². The van der Waals surface area contributed by atoms with Gasteiger partial charge in [-0.25, -0.2) is 4.57 Å². The van der Waals surface area contributed by atoms with Crippen LogP contribution in [-0.2, 0) is 44.0 Å². The van der Waals surface area contributed by atoms with Gasteiger partial charge in [0.15, 0.2) is 0 Å². The number of hydrogen-bond donors (Lipinski definition) is 4. The Morgan fingerprint density at radius 2 is 1.56 bits per heavy atom. The van der Waals surface area contributed by atoms with Crippen LogP contribution in [0.1, 0.15) is 47.5 Å². The summed E-state index contributed by atoms with van der Waals surface area (Å²) in [6, 6.07) is 0. The standard InChI is InChI=1S/C13H26O7P3S.V/c1-9-11(2,3)12(4,5)10(13(9)6-7-13)8-20-23(19,24)22(17,18)21(14,15)16;/h9H,6-8H2,1-5H3,(H,17,18)(H,19,24)(H2,14,15,16);/q-1;/t9-,23?;/m0./s1. The van der Waals surface area contributed by atoms with Crippen LogP contribution < -0.4 is 0 Å². The van der Waals surface area contributed by atoms with Crippen LogP contribution in [0.4, 0.5) is 0 Å². The smallest absolute Gasteiger partial charge is 0.355 e. The van der Waals surface area contributed by atoms with E-state index in [9.17, 15) is 18.9 Å². The molecule has 0 saturated heterocycles. The normalized spacial score (nSPS) is 31.8. The molecule has 3 atom stereocenters. The van der Waals surface area contributed by atoms with Gasteiger partial charge in [0, 0.05) is 18.6 Å². The zero-order valence-corrected chi connectivity index (χ0v) is 19.8. The second kappa shape index (κ2) is 6.78. The molecule has 7 nitrogen and oxygen atoms in total. The van der Waals surface area contributed by atoms with Gasteiger partial charge in [0.25, 0.3) is 6.18 Å². The Labute approximate surface area is 165 Å². The third kappa shape index (κ3) is 3.49. The number of hydrogen-bond acceptors (Lipinski definition) is 4. The summed E-state index contributed by atoms with van der Waals surface area (Å²) in [5.41, 5.74) is -0.365. The fourth-order valence-corrected chi connectivity index (χ4v) is 12.2. The molecule has 2 unspecified atom stereocenters. The van der Waals surface area contributed by atoms with Crippen molar-refractivity contribution in [2.75, 3.05) is 6.61 Å². The summed E-state index contributed by atoms with van der Waals surface area (Å²) >= 11 is 4.64. The topological polar surface area (TPSA) is 124 Å². The average molecular weight is 470 g/mol. The third-order valence-electron chi connectivity index (χ3n) is 6.71. The van der Waals surface area contributed by atoms with Crippen molar-refractivity contribution < 1.29 is 51.8 Å². The zero-order valence-electron chi connectivity index (χ0n) is 14.9. The molecule has 4 N–H and O–H groups in total. The summed E-state index contributed by atoms with van der Waals surface area (Å²) in [4.78, 5) is 37.8. The molecule has 0 aromatic carbocycles. The van der Waals surface area contributed by atoms with Gasteiger partial charge in [-0.3, -0.25) is 10.5 Å². The predicted octanol–water partition coefficient (Wildman–Crippen LogP) is 3.64. The molecule has 12 heteroatoms. The van der Waals surface area contributed by atoms with Crippen LogP contribution in [-0.4, -0.2) is 26.2 Å². The van der Waals surface area contributed by atoms with Crippen molar-refractivity contribution >= 4 is 32.0 Å². The van der Waals surface area contributed by atoms with Gasteiger partial charge in [0.2, 0.25) is 0 Å². The summed E-state index contributed by atoms with van der Waals surface area (Å²) in [5.74, 6) is 1.36. The first-order valence-electron chi connectivity index (χ1n) is 7.68. The predicted molar refractivity (Wildman–Crippen MR) is 96.0 cm³/mol. The van der Waals surface area contributed by atoms with Crippen molar-refractivity contribution in [1.29, 1.82) is 0 Å². The summed E-state index contributed by atoms with van der Waals surface area (Å²) in [6.07, 6.45) is -2.60. The molecule has 1 radical (unpaired) electrons. The average Bonchev–Trinajstić information content (AvgIpc) is 3.14. The Bertz CT molecular complexity index is 685. The van der Waals surface area contributed by atoms with Gasteiger partial charge >= 0.3 is 14.0 Å². The monoisotopic (exact) mass is 470 g/mol. The molecule has 0 bridgehead atoms. The van der Waals surface area contributed by atoms with Crippen molar-refractivity contribution in [3.63, 3.8) is 0 Å². The fraction of sp³-hybridized carbons (Fsp3) is 0.923. The maximum Gasteiger partial charge on any atom is 0.416 e. The molecule has 25 heavy (non-hydrogen) atoms. The van der Waals surface area contributed by atoms with Crippen molar-refractivity contribution in [1.82, 2.24) is 0 Å². The summed E-state index contributed by atoms with van der Waals surface area (Å²) < 4.78 is 28.4. The van der Waals surface area contributed by atoms with E-state index in [1.807, 2.05) is 0 Å². The molecule has 2 saturated carbocycles. The van der Waals surface area contributed by atoms with Gasteiger partial charge in [0.1, 0.15) is 0 Å². The Balaban J connectivity index is 0.00000312. The van der Waals surface area contributed by atoms with Crippen LogP contribution in [0.2, 0.25) is 0 Å². The fourth-order valence-electron chi connectivity index (χ4n) is 4.07. The SMILES string of the molecule is C[C@@H]1C2(CC2)[C-](COP(O)(=S)P(=O)(O)P(=O)(O)O)C(C)(C)C1(C)C.[V]. The van der Waals surface area contributed by atoms with E-state index >= 15 is 0 Å². The van der Waals surface area contributed by atoms with Gasteiger partial charge in [-0.1, -0.05) is 65.4 Å². The minimum Gasteiger partial charge on any atom is -0.355 e. The van der Waals surface area contributed by atoms with Gasteiger partial charge in [-0.2, -0.15) is 5.41 Å². The molecular formula is C13H26O7P3SV-. The second-order valence-corrected chi connectivity index (χ2v) is 21.0. The molecule has 0 aliphatic heterocycles. The van der Waals surface area contributed by atoms with Crippen LogP contribution in [0.3, 0.4) is 0 Å². The summed E-state index contributed by atoms with van der Waals surface area (Å²) in [7, 11) is -5.47. The van der Waals surface area contributed by atoms with Crippen LogP contribution in [0.5, 0.6) is 0 Å². The van der Waals surface area contributed by atoms with E-state index in [-0.39, 0.29) is 41.4 Å². The van der Waals surface area contributed by atoms with Crippen molar-refractivity contribution in [3.05, 3.63) is 5.92 Å². The van der Waals surface area contributed by atoms with E-state index in [2.05, 4.69) is 46.4 Å². The Morgan fingerprint density at radius 3 is 1.92 bits per heavy atom. The van der Waals surface area contributed by atoms with Crippen molar-refractivity contribution in [2.45, 2.75) is 47.5 Å². The maximum absolute atomic E-state index is 11.9. The van der Waals surface area contributed by atoms with E-state index in [0.29, 0.717) is 5.92 Å². The molecule has 0 aromatic heterocycles. The van der Waals surface area contributed by atoms with Crippen LogP contribution >= 0.6 is 20.2 Å². The molecule has 0 aromatic rings. The molecule has 0 amide bonds. The molecule has 1 spiro atoms. The van der Waals surface area contributed by atoms with E-state index in [4.69, 9.17) is 14.3 Å². The first-order valence-corrected chi connectivity index (χ1v) is 15.0. The number of rotatable bonds is 5. The minimum absolute atomic E-state index is 0. The Kier molecular flexibility index (Phi) is 6.65. The van der Waals surface area contributed by atoms with Gasteiger partial charge < -0.3 is 24.1 Å². The first kappa shape index (κ1) is 24.5. The Hall–Kier alpha value is 1.49. The van der Waals surface area contributed by atoms with Crippen molar-refractivity contribution in [3.8, 4) is 0 Å². The Morgan fingerprint density at radius 1 is 1.12 bits per heavy atom. The molecule has 2 aliphatic rings. The first-order chi connectivity index (χ1) is 10.5. The third-order valence-corrected chi connectivity index (χ3v) is 20.6. The van der Waals surface area contributed by atoms with Gasteiger partial charge in [0.05, 0.1) is 0 Å². The molecule has 147 valence electrons. The molecule has 2 rings (SSSR count). The van der Waals surface area contributed by atoms with Gasteiger partial charge in [-0.05, 0) is 11.8 Å². The molecule has 2 fully saturated rings.